The lowest BCUT2D eigenvalue weighted by Crippen LogP contribution is -2.14. The molecule has 0 fully saturated rings. The molecule has 0 aliphatic heterocycles. The first-order valence-electron chi connectivity index (χ1n) is 8.21. The maximum atomic E-state index is 12.9. The number of halogens is 1. The zero-order chi connectivity index (χ0) is 18.8. The lowest BCUT2D eigenvalue weighted by atomic mass is 10.1. The van der Waals surface area contributed by atoms with Crippen LogP contribution in [0.25, 0.3) is 16.9 Å². The molecule has 0 aliphatic rings. The first-order valence-corrected chi connectivity index (χ1v) is 8.21. The molecule has 0 saturated heterocycles. The predicted molar refractivity (Wildman–Crippen MR) is 99.4 cm³/mol. The Labute approximate surface area is 153 Å². The molecule has 2 aromatic carbocycles. The molecule has 0 radical (unpaired) electrons. The zero-order valence-electron chi connectivity index (χ0n) is 14.1. The highest BCUT2D eigenvalue weighted by Crippen LogP contribution is 2.20. The standard InChI is InChI=1S/C19H15FN6O/c20-14-5-1-12(2-6-14)11-18(27)22-15-7-3-13(4-8-15)16-9-10-17-23-19(21)25-26(17)24-16/h1-10H,11H2,(H2,21,25)(H,22,27). The summed E-state index contributed by atoms with van der Waals surface area (Å²) in [6.07, 6.45) is 0.175. The molecule has 2 heterocycles. The van der Waals surface area contributed by atoms with E-state index in [1.165, 1.54) is 16.8 Å². The number of carbonyl (C=O) groups is 1. The van der Waals surface area contributed by atoms with Crippen molar-refractivity contribution in [3.05, 3.63) is 72.0 Å². The number of nitrogens with zero attached hydrogens (tertiary/aromatic N) is 4. The maximum Gasteiger partial charge on any atom is 0.242 e. The molecule has 3 N–H and O–H groups in total. The smallest absolute Gasteiger partial charge is 0.242 e. The quantitative estimate of drug-likeness (QED) is 0.582. The lowest BCUT2D eigenvalue weighted by Gasteiger charge is -2.07. The van der Waals surface area contributed by atoms with Gasteiger partial charge in [-0.3, -0.25) is 4.79 Å². The summed E-state index contributed by atoms with van der Waals surface area (Å²) in [6, 6.07) is 16.7. The van der Waals surface area contributed by atoms with Gasteiger partial charge in [-0.25, -0.2) is 4.39 Å². The normalized spacial score (nSPS) is 10.9. The third-order valence-electron chi connectivity index (χ3n) is 3.97. The third-order valence-corrected chi connectivity index (χ3v) is 3.97. The topological polar surface area (TPSA) is 98.2 Å². The van der Waals surface area contributed by atoms with E-state index < -0.39 is 0 Å². The second-order valence-electron chi connectivity index (χ2n) is 5.96. The van der Waals surface area contributed by atoms with E-state index in [-0.39, 0.29) is 24.1 Å². The Balaban J connectivity index is 1.46. The number of rotatable bonds is 4. The number of aromatic nitrogens is 4. The fourth-order valence-electron chi connectivity index (χ4n) is 2.67. The average molecular weight is 362 g/mol. The molecular weight excluding hydrogens is 347 g/mol. The van der Waals surface area contributed by atoms with Gasteiger partial charge in [-0.1, -0.05) is 24.3 Å². The Bertz CT molecular complexity index is 1110. The highest BCUT2D eigenvalue weighted by molar-refractivity contribution is 5.92. The number of hydrogen-bond acceptors (Lipinski definition) is 5. The summed E-state index contributed by atoms with van der Waals surface area (Å²) < 4.78 is 14.3. The van der Waals surface area contributed by atoms with E-state index in [0.717, 1.165) is 11.1 Å². The van der Waals surface area contributed by atoms with E-state index >= 15 is 0 Å². The van der Waals surface area contributed by atoms with E-state index in [9.17, 15) is 9.18 Å². The number of fused-ring (bicyclic) bond motifs is 1. The van der Waals surface area contributed by atoms with Crippen molar-refractivity contribution in [2.75, 3.05) is 11.1 Å². The van der Waals surface area contributed by atoms with Crippen LogP contribution in [0.5, 0.6) is 0 Å². The van der Waals surface area contributed by atoms with Gasteiger partial charge in [0.2, 0.25) is 11.9 Å². The zero-order valence-corrected chi connectivity index (χ0v) is 14.1. The minimum atomic E-state index is -0.324. The van der Waals surface area contributed by atoms with Crippen molar-refractivity contribution in [3.63, 3.8) is 0 Å². The number of nitrogen functional groups attached to an aromatic ring is 1. The molecule has 8 heteroatoms. The second kappa shape index (κ2) is 6.83. The highest BCUT2D eigenvalue weighted by atomic mass is 19.1. The number of amides is 1. The van der Waals surface area contributed by atoms with Crippen LogP contribution in [0.2, 0.25) is 0 Å². The minimum absolute atomic E-state index is 0.166. The monoisotopic (exact) mass is 362 g/mol. The molecule has 4 aromatic rings. The SMILES string of the molecule is Nc1nc2ccc(-c3ccc(NC(=O)Cc4ccc(F)cc4)cc3)nn2n1. The Morgan fingerprint density at radius 1 is 1.00 bits per heavy atom. The van der Waals surface area contributed by atoms with Crippen molar-refractivity contribution >= 4 is 23.2 Å². The summed E-state index contributed by atoms with van der Waals surface area (Å²) >= 11 is 0. The molecule has 134 valence electrons. The fraction of sp³-hybridized carbons (Fsp3) is 0.0526. The maximum absolute atomic E-state index is 12.9. The van der Waals surface area contributed by atoms with Gasteiger partial charge >= 0.3 is 0 Å². The summed E-state index contributed by atoms with van der Waals surface area (Å²) in [5, 5.41) is 11.2. The number of nitrogens with two attached hydrogens (primary N) is 1. The Morgan fingerprint density at radius 2 is 1.74 bits per heavy atom. The number of anilines is 2. The summed E-state index contributed by atoms with van der Waals surface area (Å²) in [7, 11) is 0. The first kappa shape index (κ1) is 16.6. The fourth-order valence-corrected chi connectivity index (χ4v) is 2.67. The lowest BCUT2D eigenvalue weighted by molar-refractivity contribution is -0.115. The highest BCUT2D eigenvalue weighted by Gasteiger charge is 2.07. The van der Waals surface area contributed by atoms with E-state index in [1.54, 1.807) is 30.3 Å². The summed E-state index contributed by atoms with van der Waals surface area (Å²) in [5.41, 5.74) is 9.11. The first-order chi connectivity index (χ1) is 13.1. The van der Waals surface area contributed by atoms with E-state index in [4.69, 9.17) is 5.73 Å². The van der Waals surface area contributed by atoms with Crippen LogP contribution in [0.3, 0.4) is 0 Å². The van der Waals surface area contributed by atoms with Crippen molar-refractivity contribution < 1.29 is 9.18 Å². The molecule has 0 atom stereocenters. The molecule has 0 bridgehead atoms. The Morgan fingerprint density at radius 3 is 2.48 bits per heavy atom. The van der Waals surface area contributed by atoms with Gasteiger partial charge < -0.3 is 11.1 Å². The van der Waals surface area contributed by atoms with Gasteiger partial charge in [0, 0.05) is 11.3 Å². The number of nitrogens with one attached hydrogen (secondary N) is 1. The van der Waals surface area contributed by atoms with Gasteiger partial charge in [0.05, 0.1) is 12.1 Å². The van der Waals surface area contributed by atoms with E-state index in [2.05, 4.69) is 20.5 Å². The van der Waals surface area contributed by atoms with Crippen LogP contribution in [-0.4, -0.2) is 25.7 Å². The number of carbonyl (C=O) groups excluding carboxylic acids is 1. The van der Waals surface area contributed by atoms with Crippen molar-refractivity contribution in [3.8, 4) is 11.3 Å². The van der Waals surface area contributed by atoms with Crippen LogP contribution in [0, 0.1) is 5.82 Å². The Hall–Kier alpha value is -3.81. The summed E-state index contributed by atoms with van der Waals surface area (Å²) in [4.78, 5) is 16.2. The average Bonchev–Trinajstić information content (AvgIpc) is 3.03. The largest absolute Gasteiger partial charge is 0.366 e. The summed E-state index contributed by atoms with van der Waals surface area (Å²) in [5.74, 6) is -0.332. The Kier molecular flexibility index (Phi) is 4.21. The molecule has 27 heavy (non-hydrogen) atoms. The molecule has 4 rings (SSSR count). The molecule has 2 aromatic heterocycles. The molecule has 0 spiro atoms. The molecule has 1 amide bonds. The minimum Gasteiger partial charge on any atom is -0.366 e. The number of hydrogen-bond donors (Lipinski definition) is 2. The van der Waals surface area contributed by atoms with E-state index in [0.29, 0.717) is 17.0 Å². The molecule has 0 unspecified atom stereocenters. The van der Waals surface area contributed by atoms with Crippen LogP contribution in [0.1, 0.15) is 5.56 Å². The van der Waals surface area contributed by atoms with Crippen LogP contribution < -0.4 is 11.1 Å². The van der Waals surface area contributed by atoms with E-state index in [1.807, 2.05) is 18.2 Å². The molecular formula is C19H15FN6O. The van der Waals surface area contributed by atoms with Gasteiger partial charge in [-0.15, -0.1) is 14.8 Å². The van der Waals surface area contributed by atoms with Crippen LogP contribution >= 0.6 is 0 Å². The van der Waals surface area contributed by atoms with Gasteiger partial charge in [-0.05, 0) is 42.0 Å². The third kappa shape index (κ3) is 3.74. The number of benzene rings is 2. The molecule has 0 saturated carbocycles. The molecule has 0 aliphatic carbocycles. The molecule has 7 nitrogen and oxygen atoms in total. The van der Waals surface area contributed by atoms with Crippen LogP contribution in [0.15, 0.2) is 60.7 Å². The van der Waals surface area contributed by atoms with Gasteiger partial charge in [0.1, 0.15) is 5.82 Å². The van der Waals surface area contributed by atoms with Crippen LogP contribution in [0.4, 0.5) is 16.0 Å². The predicted octanol–water partition coefficient (Wildman–Crippen LogP) is 2.69. The van der Waals surface area contributed by atoms with Crippen molar-refractivity contribution in [2.24, 2.45) is 0 Å². The van der Waals surface area contributed by atoms with Crippen molar-refractivity contribution in [1.29, 1.82) is 0 Å². The van der Waals surface area contributed by atoms with Crippen molar-refractivity contribution in [2.45, 2.75) is 6.42 Å². The second-order valence-corrected chi connectivity index (χ2v) is 5.96. The van der Waals surface area contributed by atoms with Crippen molar-refractivity contribution in [1.82, 2.24) is 19.8 Å². The summed E-state index contributed by atoms with van der Waals surface area (Å²) in [6.45, 7) is 0. The van der Waals surface area contributed by atoms with Gasteiger partial charge in [0.15, 0.2) is 5.65 Å². The van der Waals surface area contributed by atoms with Crippen LogP contribution in [-0.2, 0) is 11.2 Å². The van der Waals surface area contributed by atoms with Gasteiger partial charge in [-0.2, -0.15) is 4.98 Å². The van der Waals surface area contributed by atoms with Gasteiger partial charge in [0.25, 0.3) is 0 Å².